The van der Waals surface area contributed by atoms with E-state index in [0.29, 0.717) is 12.3 Å². The molecule has 6 heteroatoms. The lowest BCUT2D eigenvalue weighted by Gasteiger charge is -2.35. The molecule has 1 aromatic heterocycles. The van der Waals surface area contributed by atoms with Crippen LogP contribution < -0.4 is 5.32 Å². The van der Waals surface area contributed by atoms with Gasteiger partial charge in [-0.2, -0.15) is 0 Å². The van der Waals surface area contributed by atoms with Gasteiger partial charge in [-0.1, -0.05) is 19.3 Å². The Morgan fingerprint density at radius 3 is 2.86 bits per heavy atom. The van der Waals surface area contributed by atoms with Crippen LogP contribution in [-0.4, -0.2) is 34.9 Å². The Morgan fingerprint density at radius 2 is 2.24 bits per heavy atom. The number of carbonyl (C=O) groups is 1. The van der Waals surface area contributed by atoms with Crippen molar-refractivity contribution in [1.29, 1.82) is 0 Å². The van der Waals surface area contributed by atoms with Crippen molar-refractivity contribution in [1.82, 2.24) is 10.3 Å². The highest BCUT2D eigenvalue weighted by Crippen LogP contribution is 2.35. The first-order valence-corrected chi connectivity index (χ1v) is 9.53. The van der Waals surface area contributed by atoms with Gasteiger partial charge in [0.05, 0.1) is 23.1 Å². The number of aromatic nitrogens is 1. The van der Waals surface area contributed by atoms with Crippen LogP contribution in [0.2, 0.25) is 0 Å². The quantitative estimate of drug-likeness (QED) is 0.808. The molecule has 0 saturated heterocycles. The minimum absolute atomic E-state index is 0.0605. The van der Waals surface area contributed by atoms with E-state index in [0.717, 1.165) is 42.1 Å². The number of hydrogen-bond donors (Lipinski definition) is 2. The molecule has 21 heavy (non-hydrogen) atoms. The van der Waals surface area contributed by atoms with Crippen LogP contribution >= 0.6 is 23.1 Å². The zero-order chi connectivity index (χ0) is 15.1. The minimum Gasteiger partial charge on any atom is -0.396 e. The maximum absolute atomic E-state index is 11.9. The topological polar surface area (TPSA) is 62.2 Å². The lowest BCUT2D eigenvalue weighted by atomic mass is 9.74. The van der Waals surface area contributed by atoms with E-state index in [1.807, 2.05) is 12.3 Å². The second kappa shape index (κ2) is 8.15. The molecular weight excluding hydrogens is 304 g/mol. The SMILES string of the molecule is Cc1nc(CSCC(=O)NCC2(CO)CCCCC2)cs1. The van der Waals surface area contributed by atoms with Gasteiger partial charge in [-0.15, -0.1) is 23.1 Å². The van der Waals surface area contributed by atoms with Crippen molar-refractivity contribution in [3.63, 3.8) is 0 Å². The molecule has 118 valence electrons. The monoisotopic (exact) mass is 328 g/mol. The summed E-state index contributed by atoms with van der Waals surface area (Å²) in [5.41, 5.74) is 0.972. The Balaban J connectivity index is 1.67. The van der Waals surface area contributed by atoms with E-state index < -0.39 is 0 Å². The number of thiazole rings is 1. The summed E-state index contributed by atoms with van der Waals surface area (Å²) in [4.78, 5) is 16.3. The molecule has 1 aliphatic carbocycles. The van der Waals surface area contributed by atoms with Crippen LogP contribution in [0.5, 0.6) is 0 Å². The van der Waals surface area contributed by atoms with Gasteiger partial charge in [0.15, 0.2) is 0 Å². The predicted octanol–water partition coefficient (Wildman–Crippen LogP) is 2.74. The highest BCUT2D eigenvalue weighted by molar-refractivity contribution is 7.99. The first-order valence-electron chi connectivity index (χ1n) is 7.50. The molecule has 4 nitrogen and oxygen atoms in total. The number of nitrogens with one attached hydrogen (secondary N) is 1. The minimum atomic E-state index is -0.0788. The van der Waals surface area contributed by atoms with Crippen molar-refractivity contribution in [2.75, 3.05) is 18.9 Å². The van der Waals surface area contributed by atoms with Crippen molar-refractivity contribution >= 4 is 29.0 Å². The predicted molar refractivity (Wildman–Crippen MR) is 88.6 cm³/mol. The maximum Gasteiger partial charge on any atom is 0.230 e. The molecule has 0 aliphatic heterocycles. The van der Waals surface area contributed by atoms with Gasteiger partial charge in [-0.3, -0.25) is 4.79 Å². The first kappa shape index (κ1) is 16.8. The average Bonchev–Trinajstić information content (AvgIpc) is 2.92. The molecule has 0 spiro atoms. The zero-order valence-electron chi connectivity index (χ0n) is 12.6. The fourth-order valence-corrected chi connectivity index (χ4v) is 4.22. The van der Waals surface area contributed by atoms with E-state index in [1.165, 1.54) is 6.42 Å². The van der Waals surface area contributed by atoms with E-state index in [9.17, 15) is 9.90 Å². The van der Waals surface area contributed by atoms with Crippen molar-refractivity contribution in [3.05, 3.63) is 16.1 Å². The summed E-state index contributed by atoms with van der Waals surface area (Å²) in [6.07, 6.45) is 5.62. The van der Waals surface area contributed by atoms with Gasteiger partial charge in [0.1, 0.15) is 0 Å². The van der Waals surface area contributed by atoms with E-state index in [4.69, 9.17) is 0 Å². The molecule has 0 bridgehead atoms. The largest absolute Gasteiger partial charge is 0.396 e. The summed E-state index contributed by atoms with van der Waals surface area (Å²) in [6, 6.07) is 0. The van der Waals surface area contributed by atoms with Gasteiger partial charge in [0.25, 0.3) is 0 Å². The molecule has 1 aromatic rings. The number of aryl methyl sites for hydroxylation is 1. The Morgan fingerprint density at radius 1 is 1.48 bits per heavy atom. The highest BCUT2D eigenvalue weighted by Gasteiger charge is 2.31. The van der Waals surface area contributed by atoms with E-state index in [-0.39, 0.29) is 17.9 Å². The molecule has 1 amide bonds. The number of rotatable bonds is 7. The Kier molecular flexibility index (Phi) is 6.51. The average molecular weight is 329 g/mol. The van der Waals surface area contributed by atoms with Crippen LogP contribution in [0, 0.1) is 12.3 Å². The zero-order valence-corrected chi connectivity index (χ0v) is 14.2. The Labute approximate surface area is 134 Å². The third-order valence-corrected chi connectivity index (χ3v) is 5.85. The normalized spacial score (nSPS) is 17.6. The van der Waals surface area contributed by atoms with Crippen LogP contribution in [0.25, 0.3) is 0 Å². The summed E-state index contributed by atoms with van der Waals surface area (Å²) in [5, 5.41) is 15.7. The molecule has 1 heterocycles. The Bertz CT molecular complexity index is 456. The van der Waals surface area contributed by atoms with E-state index in [2.05, 4.69) is 10.3 Å². The smallest absolute Gasteiger partial charge is 0.230 e. The first-order chi connectivity index (χ1) is 10.1. The van der Waals surface area contributed by atoms with Gasteiger partial charge in [0, 0.05) is 23.1 Å². The molecule has 1 saturated carbocycles. The summed E-state index contributed by atoms with van der Waals surface area (Å²) in [7, 11) is 0. The van der Waals surface area contributed by atoms with Crippen LogP contribution in [0.4, 0.5) is 0 Å². The molecule has 2 N–H and O–H groups in total. The van der Waals surface area contributed by atoms with Gasteiger partial charge in [-0.05, 0) is 19.8 Å². The number of thioether (sulfide) groups is 1. The summed E-state index contributed by atoms with van der Waals surface area (Å²) in [5.74, 6) is 1.30. The second-order valence-corrected chi connectivity index (χ2v) is 7.89. The Hall–Kier alpha value is -0.590. The fraction of sp³-hybridized carbons (Fsp3) is 0.733. The van der Waals surface area contributed by atoms with Crippen LogP contribution in [0.3, 0.4) is 0 Å². The number of hydrogen-bond acceptors (Lipinski definition) is 5. The van der Waals surface area contributed by atoms with E-state index >= 15 is 0 Å². The van der Waals surface area contributed by atoms with Gasteiger partial charge in [-0.25, -0.2) is 4.98 Å². The number of aliphatic hydroxyl groups is 1. The van der Waals surface area contributed by atoms with Gasteiger partial charge >= 0.3 is 0 Å². The number of amides is 1. The molecule has 1 fully saturated rings. The van der Waals surface area contributed by atoms with Gasteiger partial charge < -0.3 is 10.4 Å². The molecule has 0 radical (unpaired) electrons. The maximum atomic E-state index is 11.9. The molecule has 0 unspecified atom stereocenters. The van der Waals surface area contributed by atoms with Crippen molar-refractivity contribution in [3.8, 4) is 0 Å². The third kappa shape index (κ3) is 5.27. The summed E-state index contributed by atoms with van der Waals surface area (Å²) in [6.45, 7) is 2.78. The molecular formula is C15H24N2O2S2. The van der Waals surface area contributed by atoms with Crippen molar-refractivity contribution in [2.45, 2.75) is 44.8 Å². The fourth-order valence-electron chi connectivity index (χ4n) is 2.75. The number of nitrogens with zero attached hydrogens (tertiary/aromatic N) is 1. The second-order valence-electron chi connectivity index (χ2n) is 5.85. The lowest BCUT2D eigenvalue weighted by molar-refractivity contribution is -0.119. The highest BCUT2D eigenvalue weighted by atomic mass is 32.2. The van der Waals surface area contributed by atoms with Crippen LogP contribution in [-0.2, 0) is 10.5 Å². The summed E-state index contributed by atoms with van der Waals surface area (Å²) < 4.78 is 0. The number of aliphatic hydroxyl groups excluding tert-OH is 1. The van der Waals surface area contributed by atoms with Crippen LogP contribution in [0.15, 0.2) is 5.38 Å². The number of carbonyl (C=O) groups excluding carboxylic acids is 1. The molecule has 0 atom stereocenters. The molecule has 0 aromatic carbocycles. The van der Waals surface area contributed by atoms with Crippen LogP contribution in [0.1, 0.15) is 42.8 Å². The van der Waals surface area contributed by atoms with Crippen molar-refractivity contribution in [2.24, 2.45) is 5.41 Å². The third-order valence-electron chi connectivity index (χ3n) is 4.06. The standard InChI is InChI=1S/C15H24N2O2S2/c1-12-17-13(8-21-12)7-20-9-14(19)16-10-15(11-18)5-3-2-4-6-15/h8,18H,2-7,9-11H2,1H3,(H,16,19). The molecule has 2 rings (SSSR count). The van der Waals surface area contributed by atoms with Crippen molar-refractivity contribution < 1.29 is 9.90 Å². The molecule has 1 aliphatic rings. The van der Waals surface area contributed by atoms with E-state index in [1.54, 1.807) is 23.1 Å². The lowest BCUT2D eigenvalue weighted by Crippen LogP contribution is -2.42. The summed E-state index contributed by atoms with van der Waals surface area (Å²) >= 11 is 3.23. The van der Waals surface area contributed by atoms with Gasteiger partial charge in [0.2, 0.25) is 5.91 Å².